The van der Waals surface area contributed by atoms with Crippen molar-refractivity contribution in [1.29, 1.82) is 0 Å². The van der Waals surface area contributed by atoms with E-state index < -0.39 is 33.2 Å². The molecule has 0 unspecified atom stereocenters. The lowest BCUT2D eigenvalue weighted by atomic mass is 10.1. The third-order valence-electron chi connectivity index (χ3n) is 4.45. The maximum Gasteiger partial charge on any atom is 0.264 e. The maximum absolute atomic E-state index is 12.0. The topological polar surface area (TPSA) is 142 Å². The molecular formula is C19H21N3O6S. The zero-order valence-electron chi connectivity index (χ0n) is 15.9. The van der Waals surface area contributed by atoms with Crippen LogP contribution in [0.1, 0.15) is 18.9 Å². The monoisotopic (exact) mass is 419 g/mol. The van der Waals surface area contributed by atoms with Crippen LogP contribution in [-0.2, 0) is 21.2 Å². The molecule has 0 fully saturated rings. The molecule has 0 aliphatic rings. The lowest BCUT2D eigenvalue weighted by Crippen LogP contribution is -2.49. The van der Waals surface area contributed by atoms with Gasteiger partial charge in [0.25, 0.3) is 5.91 Å². The number of hydrogen-bond donors (Lipinski definition) is 4. The highest BCUT2D eigenvalue weighted by molar-refractivity contribution is 7.92. The summed E-state index contributed by atoms with van der Waals surface area (Å²) < 4.78 is 23.8. The van der Waals surface area contributed by atoms with E-state index in [1.165, 1.54) is 17.1 Å². The molecule has 2 rings (SSSR count). The number of nitrogens with zero attached hydrogens (tertiary/aromatic N) is 2. The van der Waals surface area contributed by atoms with Crippen LogP contribution in [0.5, 0.6) is 0 Å². The Bertz CT molecular complexity index is 1130. The van der Waals surface area contributed by atoms with Gasteiger partial charge in [-0.25, -0.2) is 13.9 Å². The largest absolute Gasteiger partial charge is 0.393 e. The summed E-state index contributed by atoms with van der Waals surface area (Å²) >= 11 is 0. The summed E-state index contributed by atoms with van der Waals surface area (Å²) in [7, 11) is -3.78. The highest BCUT2D eigenvalue weighted by Crippen LogP contribution is 2.23. The van der Waals surface area contributed by atoms with E-state index >= 15 is 0 Å². The number of aliphatic hydroxyl groups is 2. The van der Waals surface area contributed by atoms with E-state index in [0.29, 0.717) is 11.1 Å². The van der Waals surface area contributed by atoms with Crippen LogP contribution in [0.2, 0.25) is 0 Å². The van der Waals surface area contributed by atoms with Gasteiger partial charge in [-0.1, -0.05) is 11.8 Å². The molecule has 29 heavy (non-hydrogen) atoms. The molecule has 10 heteroatoms. The van der Waals surface area contributed by atoms with Crippen molar-refractivity contribution in [3.8, 4) is 23.7 Å². The van der Waals surface area contributed by atoms with Gasteiger partial charge in [-0.2, -0.15) is 5.10 Å². The Kier molecular flexibility index (Phi) is 7.01. The van der Waals surface area contributed by atoms with Gasteiger partial charge in [-0.05, 0) is 43.4 Å². The molecule has 0 saturated heterocycles. The smallest absolute Gasteiger partial charge is 0.264 e. The van der Waals surface area contributed by atoms with Gasteiger partial charge in [0.15, 0.2) is 14.6 Å². The molecule has 2 aromatic rings. The van der Waals surface area contributed by atoms with Crippen molar-refractivity contribution in [2.75, 3.05) is 12.9 Å². The molecule has 0 radical (unpaired) electrons. The Labute approximate surface area is 168 Å². The van der Waals surface area contributed by atoms with Crippen LogP contribution >= 0.6 is 0 Å². The fourth-order valence-electron chi connectivity index (χ4n) is 2.45. The summed E-state index contributed by atoms with van der Waals surface area (Å²) in [6.07, 6.45) is 1.42. The molecule has 1 aromatic carbocycles. The lowest BCUT2D eigenvalue weighted by molar-refractivity contribution is -0.131. The predicted octanol–water partition coefficient (Wildman–Crippen LogP) is -0.557. The quantitative estimate of drug-likeness (QED) is 0.279. The van der Waals surface area contributed by atoms with E-state index in [1.807, 2.05) is 0 Å². The summed E-state index contributed by atoms with van der Waals surface area (Å²) in [5.74, 6) is 9.20. The van der Waals surface area contributed by atoms with Crippen molar-refractivity contribution >= 4 is 26.6 Å². The van der Waals surface area contributed by atoms with Crippen molar-refractivity contribution in [2.24, 2.45) is 0 Å². The number of aromatic nitrogens is 2. The van der Waals surface area contributed by atoms with E-state index in [4.69, 9.17) is 15.4 Å². The highest BCUT2D eigenvalue weighted by atomic mass is 32.2. The first kappa shape index (κ1) is 22.4. The van der Waals surface area contributed by atoms with Gasteiger partial charge in [0, 0.05) is 29.9 Å². The standard InChI is InChI=1S/C19H21N3O6S/c1-19(18(25)21-26,29(2,27)28)9-10-22-12-15-11-14(7-8-17(15)20-22)5-3-4-6-16(24)13-23/h7-8,11-12,16,23-24,26H,9-10,13H2,1-2H3,(H,21,25)/t16-,19+/m0/s1. The molecule has 0 aliphatic heterocycles. The number of amides is 1. The van der Waals surface area contributed by atoms with Gasteiger partial charge >= 0.3 is 0 Å². The van der Waals surface area contributed by atoms with E-state index in [9.17, 15) is 13.2 Å². The number of rotatable bonds is 6. The van der Waals surface area contributed by atoms with Gasteiger partial charge in [0.2, 0.25) is 0 Å². The Hall–Kier alpha value is -2.89. The average molecular weight is 419 g/mol. The van der Waals surface area contributed by atoms with Crippen molar-refractivity contribution in [2.45, 2.75) is 30.7 Å². The van der Waals surface area contributed by atoms with Crippen LogP contribution in [0, 0.1) is 23.7 Å². The number of fused-ring (bicyclic) bond motifs is 1. The number of aliphatic hydroxyl groups excluding tert-OH is 2. The number of sulfone groups is 1. The zero-order valence-corrected chi connectivity index (χ0v) is 16.7. The Morgan fingerprint density at radius 3 is 2.72 bits per heavy atom. The molecule has 0 saturated carbocycles. The second kappa shape index (κ2) is 9.07. The Balaban J connectivity index is 2.21. The molecule has 154 valence electrons. The summed E-state index contributed by atoms with van der Waals surface area (Å²) in [6.45, 7) is 0.926. The minimum atomic E-state index is -3.78. The van der Waals surface area contributed by atoms with Crippen LogP contribution in [0.25, 0.3) is 10.9 Å². The summed E-state index contributed by atoms with van der Waals surface area (Å²) in [5, 5.41) is 31.8. The average Bonchev–Trinajstić information content (AvgIpc) is 3.09. The number of hydroxylamine groups is 1. The summed E-state index contributed by atoms with van der Waals surface area (Å²) in [6, 6.07) is 5.24. The van der Waals surface area contributed by atoms with Crippen LogP contribution < -0.4 is 5.48 Å². The van der Waals surface area contributed by atoms with Crippen molar-refractivity contribution < 1.29 is 28.6 Å². The maximum atomic E-state index is 12.0. The SMILES string of the molecule is C[C@@](CCn1cc2cc(C#CC#C[C@H](O)CO)ccc2n1)(C(=O)NO)S(C)(=O)=O. The van der Waals surface area contributed by atoms with Crippen LogP contribution in [0.4, 0.5) is 0 Å². The van der Waals surface area contributed by atoms with E-state index in [0.717, 1.165) is 11.6 Å². The lowest BCUT2D eigenvalue weighted by Gasteiger charge is -2.24. The van der Waals surface area contributed by atoms with Gasteiger partial charge in [-0.15, -0.1) is 0 Å². The first-order chi connectivity index (χ1) is 13.6. The van der Waals surface area contributed by atoms with Crippen molar-refractivity contribution in [1.82, 2.24) is 15.3 Å². The number of aryl methyl sites for hydroxylation is 1. The van der Waals surface area contributed by atoms with E-state index in [1.54, 1.807) is 24.4 Å². The first-order valence-electron chi connectivity index (χ1n) is 8.52. The molecule has 0 bridgehead atoms. The Morgan fingerprint density at radius 2 is 2.10 bits per heavy atom. The van der Waals surface area contributed by atoms with Gasteiger partial charge in [0.1, 0.15) is 6.10 Å². The minimum absolute atomic E-state index is 0.0817. The normalized spacial score (nSPS) is 14.1. The number of carbonyl (C=O) groups is 1. The van der Waals surface area contributed by atoms with Gasteiger partial charge in [-0.3, -0.25) is 14.7 Å². The van der Waals surface area contributed by atoms with Crippen molar-refractivity contribution in [3.63, 3.8) is 0 Å². The molecule has 1 aromatic heterocycles. The third-order valence-corrected chi connectivity index (χ3v) is 6.48. The summed E-state index contributed by atoms with van der Waals surface area (Å²) in [4.78, 5) is 11.9. The predicted molar refractivity (Wildman–Crippen MR) is 105 cm³/mol. The molecule has 0 aliphatic carbocycles. The van der Waals surface area contributed by atoms with Crippen LogP contribution in [-0.4, -0.2) is 63.2 Å². The summed E-state index contributed by atoms with van der Waals surface area (Å²) in [5.41, 5.74) is 2.73. The molecule has 1 amide bonds. The van der Waals surface area contributed by atoms with Gasteiger partial charge in [0.05, 0.1) is 12.1 Å². The number of nitrogens with one attached hydrogen (secondary N) is 1. The van der Waals surface area contributed by atoms with Crippen LogP contribution in [0.3, 0.4) is 0 Å². The second-order valence-electron chi connectivity index (χ2n) is 6.58. The van der Waals surface area contributed by atoms with Crippen LogP contribution in [0.15, 0.2) is 24.4 Å². The number of hydrogen-bond acceptors (Lipinski definition) is 7. The van der Waals surface area contributed by atoms with Gasteiger partial charge < -0.3 is 10.2 Å². The zero-order chi connectivity index (χ0) is 21.7. The third kappa shape index (κ3) is 5.34. The first-order valence-corrected chi connectivity index (χ1v) is 10.4. The second-order valence-corrected chi connectivity index (χ2v) is 9.02. The Morgan fingerprint density at radius 1 is 1.38 bits per heavy atom. The molecule has 4 N–H and O–H groups in total. The molecule has 0 spiro atoms. The number of benzene rings is 1. The van der Waals surface area contributed by atoms with Crippen molar-refractivity contribution in [3.05, 3.63) is 30.0 Å². The molecule has 1 heterocycles. The highest BCUT2D eigenvalue weighted by Gasteiger charge is 2.43. The van der Waals surface area contributed by atoms with E-state index in [-0.39, 0.29) is 13.0 Å². The molecular weight excluding hydrogens is 398 g/mol. The van der Waals surface area contributed by atoms with E-state index in [2.05, 4.69) is 28.8 Å². The molecule has 9 nitrogen and oxygen atoms in total. The number of carbonyl (C=O) groups excluding carboxylic acids is 1. The fourth-order valence-corrected chi connectivity index (χ4v) is 3.30. The fraction of sp³-hybridized carbons (Fsp3) is 0.368. The molecule has 2 atom stereocenters. The minimum Gasteiger partial charge on any atom is -0.393 e.